The topological polar surface area (TPSA) is 63.6 Å². The van der Waals surface area contributed by atoms with Gasteiger partial charge >= 0.3 is 5.97 Å². The quantitative estimate of drug-likeness (QED) is 0.478. The highest BCUT2D eigenvalue weighted by atomic mass is 16.5. The summed E-state index contributed by atoms with van der Waals surface area (Å²) in [5.41, 5.74) is 0.652. The average molecular weight is 459 g/mol. The summed E-state index contributed by atoms with van der Waals surface area (Å²) in [6.07, 6.45) is 11.5. The number of ketones is 1. The highest BCUT2D eigenvalue weighted by Crippen LogP contribution is 2.68. The van der Waals surface area contributed by atoms with Crippen LogP contribution in [0, 0.1) is 40.4 Å². The number of hydrogen-bond donors (Lipinski definition) is 1. The first kappa shape index (κ1) is 24.9. The monoisotopic (exact) mass is 458 g/mol. The second-order valence-corrected chi connectivity index (χ2v) is 13.0. The van der Waals surface area contributed by atoms with E-state index in [4.69, 9.17) is 4.74 Å². The standard InChI is InChI=1S/C29H46O4/c1-18(2)8-7-13-29(6,32)26-25(33-19(3)30)17-24-22-10-9-20-16-21(31)11-14-27(20,4)23(22)12-15-28(24,26)5/h16,18,22-26,32H,7-15,17H2,1-6H3/t22-,23+,24+,25-,26+,27+,28+,29?/m1/s1. The van der Waals surface area contributed by atoms with Crippen LogP contribution in [0.3, 0.4) is 0 Å². The minimum absolute atomic E-state index is 0.0231. The molecule has 3 saturated carbocycles. The lowest BCUT2D eigenvalue weighted by atomic mass is 9.46. The number of aliphatic hydroxyl groups is 1. The molecule has 186 valence electrons. The molecule has 8 atom stereocenters. The number of ether oxygens (including phenoxy) is 1. The lowest BCUT2D eigenvalue weighted by molar-refractivity contribution is -0.161. The summed E-state index contributed by atoms with van der Waals surface area (Å²) in [7, 11) is 0. The van der Waals surface area contributed by atoms with Gasteiger partial charge in [-0.1, -0.05) is 46.1 Å². The van der Waals surface area contributed by atoms with Crippen LogP contribution in [0.5, 0.6) is 0 Å². The molecular formula is C29H46O4. The summed E-state index contributed by atoms with van der Waals surface area (Å²) >= 11 is 0. The Hall–Kier alpha value is -1.16. The lowest BCUT2D eigenvalue weighted by Crippen LogP contribution is -2.54. The van der Waals surface area contributed by atoms with Crippen LogP contribution >= 0.6 is 0 Å². The van der Waals surface area contributed by atoms with Crippen molar-refractivity contribution in [2.24, 2.45) is 40.4 Å². The van der Waals surface area contributed by atoms with E-state index in [0.29, 0.717) is 35.9 Å². The molecule has 0 heterocycles. The minimum Gasteiger partial charge on any atom is -0.462 e. The van der Waals surface area contributed by atoms with Crippen LogP contribution in [0.25, 0.3) is 0 Å². The highest BCUT2D eigenvalue weighted by molar-refractivity contribution is 5.91. The van der Waals surface area contributed by atoms with E-state index in [2.05, 4.69) is 27.7 Å². The van der Waals surface area contributed by atoms with Crippen LogP contribution in [0.2, 0.25) is 0 Å². The molecule has 0 aromatic rings. The molecule has 0 aromatic heterocycles. The maximum atomic E-state index is 12.1. The van der Waals surface area contributed by atoms with Gasteiger partial charge in [0.1, 0.15) is 6.10 Å². The molecule has 4 heteroatoms. The van der Waals surface area contributed by atoms with Crippen LogP contribution in [-0.4, -0.2) is 28.6 Å². The maximum Gasteiger partial charge on any atom is 0.302 e. The van der Waals surface area contributed by atoms with Gasteiger partial charge in [-0.25, -0.2) is 0 Å². The zero-order chi connectivity index (χ0) is 24.2. The fraction of sp³-hybridized carbons (Fsp3) is 0.862. The van der Waals surface area contributed by atoms with Crippen molar-refractivity contribution in [3.63, 3.8) is 0 Å². The Bertz CT molecular complexity index is 810. The van der Waals surface area contributed by atoms with Crippen molar-refractivity contribution in [2.45, 2.75) is 117 Å². The molecule has 1 N–H and O–H groups in total. The molecule has 3 fully saturated rings. The molecule has 4 aliphatic rings. The second kappa shape index (κ2) is 8.81. The van der Waals surface area contributed by atoms with Gasteiger partial charge in [-0.15, -0.1) is 0 Å². The number of hydrogen-bond acceptors (Lipinski definition) is 4. The highest BCUT2D eigenvalue weighted by Gasteiger charge is 2.65. The first-order chi connectivity index (χ1) is 15.4. The SMILES string of the molecule is CC(=O)O[C@@H]1C[C@H]2[C@@H]3CCC4=CC(=O)CC[C@]4(C)[C@H]3CC[C@]2(C)[C@H]1C(C)(O)CCCC(C)C. The van der Waals surface area contributed by atoms with E-state index in [1.54, 1.807) is 0 Å². The Kier molecular flexibility index (Phi) is 6.66. The Morgan fingerprint density at radius 3 is 2.61 bits per heavy atom. The van der Waals surface area contributed by atoms with E-state index >= 15 is 0 Å². The van der Waals surface area contributed by atoms with Gasteiger partial charge in [0.15, 0.2) is 5.78 Å². The third-order valence-electron chi connectivity index (χ3n) is 10.4. The van der Waals surface area contributed by atoms with E-state index in [1.807, 2.05) is 13.0 Å². The smallest absolute Gasteiger partial charge is 0.302 e. The molecule has 4 nitrogen and oxygen atoms in total. The van der Waals surface area contributed by atoms with Gasteiger partial charge in [0.2, 0.25) is 0 Å². The molecule has 0 aromatic carbocycles. The molecule has 33 heavy (non-hydrogen) atoms. The fourth-order valence-electron chi connectivity index (χ4n) is 9.01. The van der Waals surface area contributed by atoms with E-state index in [-0.39, 0.29) is 28.8 Å². The molecule has 4 rings (SSSR count). The molecule has 0 bridgehead atoms. The number of fused-ring (bicyclic) bond motifs is 5. The number of allylic oxidation sites excluding steroid dienone is 1. The number of rotatable bonds is 6. The van der Waals surface area contributed by atoms with Crippen LogP contribution in [0.15, 0.2) is 11.6 Å². The van der Waals surface area contributed by atoms with Crippen molar-refractivity contribution in [1.29, 1.82) is 0 Å². The molecule has 0 amide bonds. The summed E-state index contributed by atoms with van der Waals surface area (Å²) in [5.74, 6) is 2.30. The van der Waals surface area contributed by atoms with Crippen LogP contribution in [-0.2, 0) is 14.3 Å². The summed E-state index contributed by atoms with van der Waals surface area (Å²) in [4.78, 5) is 24.2. The molecule has 0 saturated heterocycles. The van der Waals surface area contributed by atoms with Gasteiger partial charge in [-0.2, -0.15) is 0 Å². The van der Waals surface area contributed by atoms with E-state index in [9.17, 15) is 14.7 Å². The van der Waals surface area contributed by atoms with Crippen LogP contribution in [0.1, 0.15) is 106 Å². The van der Waals surface area contributed by atoms with Gasteiger partial charge in [0.25, 0.3) is 0 Å². The number of carbonyl (C=O) groups excluding carboxylic acids is 2. The maximum absolute atomic E-state index is 12.1. The van der Waals surface area contributed by atoms with Gasteiger partial charge in [-0.05, 0) is 92.4 Å². The molecule has 0 radical (unpaired) electrons. The predicted molar refractivity (Wildman–Crippen MR) is 130 cm³/mol. The van der Waals surface area contributed by atoms with Crippen molar-refractivity contribution in [3.8, 4) is 0 Å². The van der Waals surface area contributed by atoms with Crippen LogP contribution in [0.4, 0.5) is 0 Å². The summed E-state index contributed by atoms with van der Waals surface area (Å²) in [5, 5.41) is 11.8. The minimum atomic E-state index is -0.841. The van der Waals surface area contributed by atoms with Crippen LogP contribution < -0.4 is 0 Å². The van der Waals surface area contributed by atoms with Crippen molar-refractivity contribution in [3.05, 3.63) is 11.6 Å². The third-order valence-corrected chi connectivity index (χ3v) is 10.4. The van der Waals surface area contributed by atoms with Crippen molar-refractivity contribution >= 4 is 11.8 Å². The fourth-order valence-corrected chi connectivity index (χ4v) is 9.01. The third kappa shape index (κ3) is 4.34. The Labute approximate surface area is 200 Å². The summed E-state index contributed by atoms with van der Waals surface area (Å²) < 4.78 is 5.97. The Balaban J connectivity index is 1.63. The molecular weight excluding hydrogens is 412 g/mol. The normalized spacial score (nSPS) is 42.1. The van der Waals surface area contributed by atoms with Gasteiger partial charge in [0.05, 0.1) is 5.60 Å². The molecule has 4 aliphatic carbocycles. The second-order valence-electron chi connectivity index (χ2n) is 13.0. The van der Waals surface area contributed by atoms with Gasteiger partial charge in [0, 0.05) is 19.3 Å². The van der Waals surface area contributed by atoms with Crippen molar-refractivity contribution < 1.29 is 19.4 Å². The summed E-state index contributed by atoms with van der Waals surface area (Å²) in [6.45, 7) is 12.8. The zero-order valence-corrected chi connectivity index (χ0v) is 21.8. The number of esters is 1. The van der Waals surface area contributed by atoms with Crippen molar-refractivity contribution in [2.75, 3.05) is 0 Å². The Morgan fingerprint density at radius 1 is 1.21 bits per heavy atom. The summed E-state index contributed by atoms with van der Waals surface area (Å²) in [6, 6.07) is 0. The molecule has 1 unspecified atom stereocenters. The van der Waals surface area contributed by atoms with Gasteiger partial charge in [-0.3, -0.25) is 9.59 Å². The van der Waals surface area contributed by atoms with E-state index < -0.39 is 5.60 Å². The van der Waals surface area contributed by atoms with Gasteiger partial charge < -0.3 is 9.84 Å². The van der Waals surface area contributed by atoms with E-state index in [0.717, 1.165) is 57.8 Å². The first-order valence-corrected chi connectivity index (χ1v) is 13.5. The molecule has 0 spiro atoms. The molecule has 0 aliphatic heterocycles. The Morgan fingerprint density at radius 2 is 1.94 bits per heavy atom. The average Bonchev–Trinajstić information content (AvgIpc) is 3.00. The van der Waals surface area contributed by atoms with Crippen molar-refractivity contribution in [1.82, 2.24) is 0 Å². The lowest BCUT2D eigenvalue weighted by Gasteiger charge is -2.58. The predicted octanol–water partition coefficient (Wildman–Crippen LogP) is 6.25. The zero-order valence-electron chi connectivity index (χ0n) is 21.8. The largest absolute Gasteiger partial charge is 0.462 e. The number of carbonyl (C=O) groups is 2. The van der Waals surface area contributed by atoms with E-state index in [1.165, 1.54) is 12.5 Å². The first-order valence-electron chi connectivity index (χ1n) is 13.5.